The number of aryl methyl sites for hydroxylation is 1. The topological polar surface area (TPSA) is 117 Å². The van der Waals surface area contributed by atoms with E-state index in [4.69, 9.17) is 4.74 Å². The van der Waals surface area contributed by atoms with Crippen LogP contribution in [0.4, 0.5) is 15.8 Å². The van der Waals surface area contributed by atoms with E-state index in [9.17, 15) is 22.4 Å². The number of halogens is 1. The van der Waals surface area contributed by atoms with Crippen LogP contribution in [0.3, 0.4) is 0 Å². The number of ether oxygens (including phenoxy) is 1. The highest BCUT2D eigenvalue weighted by Gasteiger charge is 2.23. The van der Waals surface area contributed by atoms with Crippen molar-refractivity contribution in [2.24, 2.45) is 5.10 Å². The number of carbonyl (C=O) groups excluding carboxylic acids is 2. The van der Waals surface area contributed by atoms with Crippen LogP contribution in [0.1, 0.15) is 11.1 Å². The molecule has 0 bridgehead atoms. The van der Waals surface area contributed by atoms with Gasteiger partial charge in [-0.05, 0) is 61.0 Å². The van der Waals surface area contributed by atoms with Crippen molar-refractivity contribution in [1.82, 2.24) is 5.43 Å². The van der Waals surface area contributed by atoms with Crippen LogP contribution in [-0.2, 0) is 19.6 Å². The molecule has 0 radical (unpaired) electrons. The molecule has 0 spiro atoms. The molecule has 0 atom stereocenters. The zero-order valence-electron chi connectivity index (χ0n) is 19.6. The Hall–Kier alpha value is -4.25. The third kappa shape index (κ3) is 7.91. The minimum absolute atomic E-state index is 0.170. The van der Waals surface area contributed by atoms with Crippen molar-refractivity contribution >= 4 is 39.4 Å². The third-order valence-electron chi connectivity index (χ3n) is 4.80. The number of hydrogen-bond donors (Lipinski definition) is 2. The maximum Gasteiger partial charge on any atom is 0.262 e. The maximum atomic E-state index is 14.0. The van der Waals surface area contributed by atoms with Crippen molar-refractivity contribution in [2.45, 2.75) is 6.92 Å². The summed E-state index contributed by atoms with van der Waals surface area (Å²) in [4.78, 5) is 24.2. The van der Waals surface area contributed by atoms with Crippen molar-refractivity contribution < 1.29 is 27.1 Å². The summed E-state index contributed by atoms with van der Waals surface area (Å²) in [6.07, 6.45) is 2.23. The van der Waals surface area contributed by atoms with Gasteiger partial charge >= 0.3 is 0 Å². The van der Waals surface area contributed by atoms with Crippen LogP contribution < -0.4 is 19.8 Å². The Kier molecular flexibility index (Phi) is 8.74. The van der Waals surface area contributed by atoms with E-state index in [1.165, 1.54) is 24.4 Å². The van der Waals surface area contributed by atoms with Gasteiger partial charge in [0.1, 0.15) is 18.1 Å². The molecular weight excluding hydrogens is 487 g/mol. The molecule has 0 aliphatic heterocycles. The summed E-state index contributed by atoms with van der Waals surface area (Å²) in [6, 6.07) is 19.2. The van der Waals surface area contributed by atoms with E-state index >= 15 is 0 Å². The molecule has 3 rings (SSSR count). The van der Waals surface area contributed by atoms with Gasteiger partial charge in [-0.15, -0.1) is 0 Å². The maximum absolute atomic E-state index is 14.0. The summed E-state index contributed by atoms with van der Waals surface area (Å²) in [5.41, 5.74) is 4.37. The molecule has 3 aromatic carbocycles. The van der Waals surface area contributed by atoms with Crippen molar-refractivity contribution in [2.75, 3.05) is 29.0 Å². The zero-order chi connectivity index (χ0) is 26.1. The second-order valence-electron chi connectivity index (χ2n) is 7.79. The fourth-order valence-electron chi connectivity index (χ4n) is 3.01. The van der Waals surface area contributed by atoms with E-state index in [0.29, 0.717) is 21.3 Å². The van der Waals surface area contributed by atoms with Crippen LogP contribution in [0, 0.1) is 12.7 Å². The molecular formula is C25H25FN4O5S. The highest BCUT2D eigenvalue weighted by atomic mass is 32.2. The summed E-state index contributed by atoms with van der Waals surface area (Å²) >= 11 is 0. The monoisotopic (exact) mass is 512 g/mol. The molecule has 0 saturated carbocycles. The fourth-order valence-corrected chi connectivity index (χ4v) is 3.87. The average Bonchev–Trinajstić information content (AvgIpc) is 2.83. The lowest BCUT2D eigenvalue weighted by molar-refractivity contribution is -0.119. The van der Waals surface area contributed by atoms with Crippen LogP contribution >= 0.6 is 0 Å². The molecule has 2 N–H and O–H groups in total. The van der Waals surface area contributed by atoms with Gasteiger partial charge < -0.3 is 10.1 Å². The second-order valence-corrected chi connectivity index (χ2v) is 9.69. The Bertz CT molecular complexity index is 1340. The number of amides is 2. The Morgan fingerprint density at radius 3 is 2.31 bits per heavy atom. The Labute approximate surface area is 208 Å². The number of nitrogens with one attached hydrogen (secondary N) is 2. The number of carbonyl (C=O) groups is 2. The van der Waals surface area contributed by atoms with Gasteiger partial charge in [0.2, 0.25) is 10.0 Å². The minimum atomic E-state index is -3.91. The predicted molar refractivity (Wildman–Crippen MR) is 136 cm³/mol. The van der Waals surface area contributed by atoms with Crippen molar-refractivity contribution in [3.63, 3.8) is 0 Å². The Morgan fingerprint density at radius 2 is 1.67 bits per heavy atom. The van der Waals surface area contributed by atoms with E-state index < -0.39 is 28.3 Å². The predicted octanol–water partition coefficient (Wildman–Crippen LogP) is 3.07. The SMILES string of the molecule is Cc1ccc(NC(=O)COc2ccc(/C=N\NC(=O)CN(c3ccccc3F)S(C)(=O)=O)cc2)cc1. The third-order valence-corrected chi connectivity index (χ3v) is 5.92. The molecule has 188 valence electrons. The van der Waals surface area contributed by atoms with E-state index in [1.54, 1.807) is 36.4 Å². The number of sulfonamides is 1. The molecule has 36 heavy (non-hydrogen) atoms. The molecule has 11 heteroatoms. The summed E-state index contributed by atoms with van der Waals surface area (Å²) in [5, 5.41) is 6.54. The first-order chi connectivity index (χ1) is 17.1. The molecule has 0 aliphatic carbocycles. The summed E-state index contributed by atoms with van der Waals surface area (Å²) in [6.45, 7) is 1.14. The molecule has 0 unspecified atom stereocenters. The lowest BCUT2D eigenvalue weighted by atomic mass is 10.2. The van der Waals surface area contributed by atoms with Gasteiger partial charge in [-0.25, -0.2) is 18.2 Å². The largest absolute Gasteiger partial charge is 0.484 e. The molecule has 0 heterocycles. The first kappa shape index (κ1) is 26.4. The summed E-state index contributed by atoms with van der Waals surface area (Å²) in [5.74, 6) is -1.36. The van der Waals surface area contributed by atoms with Crippen LogP contribution in [0.5, 0.6) is 5.75 Å². The van der Waals surface area contributed by atoms with Crippen molar-refractivity contribution in [3.8, 4) is 5.75 Å². The number of rotatable bonds is 10. The number of anilines is 2. The van der Waals surface area contributed by atoms with E-state index in [2.05, 4.69) is 15.8 Å². The zero-order valence-corrected chi connectivity index (χ0v) is 20.5. The van der Waals surface area contributed by atoms with Crippen LogP contribution in [0.2, 0.25) is 0 Å². The van der Waals surface area contributed by atoms with Gasteiger partial charge in [-0.3, -0.25) is 13.9 Å². The minimum Gasteiger partial charge on any atom is -0.484 e. The number of nitrogens with zero attached hydrogens (tertiary/aromatic N) is 2. The molecule has 2 amide bonds. The average molecular weight is 513 g/mol. The number of hydrogen-bond acceptors (Lipinski definition) is 6. The van der Waals surface area contributed by atoms with Gasteiger partial charge in [-0.1, -0.05) is 29.8 Å². The second kappa shape index (κ2) is 11.9. The fraction of sp³-hybridized carbons (Fsp3) is 0.160. The quantitative estimate of drug-likeness (QED) is 0.320. The highest BCUT2D eigenvalue weighted by Crippen LogP contribution is 2.21. The van der Waals surface area contributed by atoms with Gasteiger partial charge in [0.25, 0.3) is 11.8 Å². The summed E-state index contributed by atoms with van der Waals surface area (Å²) < 4.78 is 44.3. The Morgan fingerprint density at radius 1 is 1.00 bits per heavy atom. The first-order valence-corrected chi connectivity index (χ1v) is 12.6. The first-order valence-electron chi connectivity index (χ1n) is 10.8. The highest BCUT2D eigenvalue weighted by molar-refractivity contribution is 7.92. The molecule has 3 aromatic rings. The van der Waals surface area contributed by atoms with Gasteiger partial charge in [0, 0.05) is 5.69 Å². The van der Waals surface area contributed by atoms with E-state index in [1.807, 2.05) is 19.1 Å². The summed E-state index contributed by atoms with van der Waals surface area (Å²) in [7, 11) is -3.91. The standard InChI is InChI=1S/C25H25FN4O5S/c1-18-7-11-20(12-8-18)28-25(32)17-35-21-13-9-19(10-14-21)15-27-29-24(31)16-30(36(2,33)34)23-6-4-3-5-22(23)26/h3-15H,16-17H2,1-2H3,(H,28,32)(H,29,31)/b27-15-. The molecule has 0 fully saturated rings. The van der Waals surface area contributed by atoms with Gasteiger partial charge in [0.15, 0.2) is 6.61 Å². The smallest absolute Gasteiger partial charge is 0.262 e. The van der Waals surface area contributed by atoms with Crippen molar-refractivity contribution in [1.29, 1.82) is 0 Å². The number of benzene rings is 3. The van der Waals surface area contributed by atoms with Gasteiger partial charge in [-0.2, -0.15) is 5.10 Å². The lowest BCUT2D eigenvalue weighted by Gasteiger charge is -2.21. The van der Waals surface area contributed by atoms with Crippen LogP contribution in [0.25, 0.3) is 0 Å². The molecule has 0 saturated heterocycles. The van der Waals surface area contributed by atoms with Crippen molar-refractivity contribution in [3.05, 3.63) is 89.7 Å². The molecule has 0 aliphatic rings. The number of para-hydroxylation sites is 1. The molecule has 9 nitrogen and oxygen atoms in total. The van der Waals surface area contributed by atoms with Crippen LogP contribution in [-0.4, -0.2) is 45.9 Å². The Balaban J connectivity index is 1.50. The van der Waals surface area contributed by atoms with E-state index in [-0.39, 0.29) is 18.2 Å². The molecule has 0 aromatic heterocycles. The van der Waals surface area contributed by atoms with Crippen LogP contribution in [0.15, 0.2) is 77.9 Å². The lowest BCUT2D eigenvalue weighted by Crippen LogP contribution is -2.39. The van der Waals surface area contributed by atoms with Gasteiger partial charge in [0.05, 0.1) is 18.2 Å². The number of hydrazone groups is 1. The van der Waals surface area contributed by atoms with E-state index in [0.717, 1.165) is 17.9 Å². The normalized spacial score (nSPS) is 11.2.